The number of nitrogens with two attached hydrogens (primary N) is 2. The molecule has 0 spiro atoms. The summed E-state index contributed by atoms with van der Waals surface area (Å²) in [4.78, 5) is 23.7. The Balaban J connectivity index is 2.95. The van der Waals surface area contributed by atoms with Gasteiger partial charge >= 0.3 is 5.97 Å². The van der Waals surface area contributed by atoms with Gasteiger partial charge < -0.3 is 21.3 Å². The Labute approximate surface area is 142 Å². The molecule has 0 radical (unpaired) electrons. The quantitative estimate of drug-likeness (QED) is 0.430. The zero-order chi connectivity index (χ0) is 18.5. The minimum absolute atomic E-state index is 0.148. The summed E-state index contributed by atoms with van der Waals surface area (Å²) >= 11 is 0. The Kier molecular flexibility index (Phi) is 6.48. The molecule has 7 N–H and O–H groups in total. The van der Waals surface area contributed by atoms with Crippen LogP contribution in [0.3, 0.4) is 0 Å². The van der Waals surface area contributed by atoms with Crippen LogP contribution in [0.15, 0.2) is 30.3 Å². The van der Waals surface area contributed by atoms with E-state index in [-0.39, 0.29) is 12.3 Å². The van der Waals surface area contributed by atoms with Gasteiger partial charge in [0.1, 0.15) is 6.04 Å². The number of nitrogens with one attached hydrogen (secondary N) is 1. The van der Waals surface area contributed by atoms with E-state index in [4.69, 9.17) is 11.5 Å². The maximum Gasteiger partial charge on any atom is 0.326 e. The first-order valence-electron chi connectivity index (χ1n) is 7.90. The van der Waals surface area contributed by atoms with Gasteiger partial charge in [-0.25, -0.2) is 4.79 Å². The lowest BCUT2D eigenvalue weighted by Crippen LogP contribution is -2.73. The summed E-state index contributed by atoms with van der Waals surface area (Å²) in [5, 5.41) is 22.1. The summed E-state index contributed by atoms with van der Waals surface area (Å²) in [5.41, 5.74) is 8.79. The van der Waals surface area contributed by atoms with Crippen molar-refractivity contribution in [2.75, 3.05) is 0 Å². The molecule has 4 atom stereocenters. The Hall–Kier alpha value is -1.96. The first kappa shape index (κ1) is 20.1. The Morgan fingerprint density at radius 3 is 2.25 bits per heavy atom. The molecular weight excluding hydrogens is 310 g/mol. The lowest BCUT2D eigenvalue weighted by molar-refractivity contribution is -0.153. The topological polar surface area (TPSA) is 139 Å². The van der Waals surface area contributed by atoms with E-state index < -0.39 is 29.2 Å². The summed E-state index contributed by atoms with van der Waals surface area (Å²) in [6.45, 7) is 4.96. The second-order valence-corrected chi connectivity index (χ2v) is 6.52. The number of carboxylic acid groups (broad SMARTS) is 1. The molecular formula is C17H27N3O4. The normalized spacial score (nSPS) is 18.8. The van der Waals surface area contributed by atoms with E-state index in [1.807, 2.05) is 25.1 Å². The van der Waals surface area contributed by atoms with Crippen molar-refractivity contribution in [1.82, 2.24) is 5.32 Å². The standard InChI is InChI=1S/C17H27N3O4/c1-4-11(2)13(14(21)22)20-15(23)17(19,24)16(3,18)10-12-8-6-5-7-9-12/h5-9,11,13,24H,4,10,18-19H2,1-3H3,(H,20,23)(H,21,22)/t11-,13-,16?,17-/m0/s1. The highest BCUT2D eigenvalue weighted by atomic mass is 16.4. The number of carboxylic acids is 1. The van der Waals surface area contributed by atoms with Gasteiger partial charge in [0.05, 0.1) is 5.54 Å². The van der Waals surface area contributed by atoms with E-state index in [0.29, 0.717) is 6.42 Å². The van der Waals surface area contributed by atoms with Gasteiger partial charge in [-0.1, -0.05) is 50.6 Å². The number of amides is 1. The summed E-state index contributed by atoms with van der Waals surface area (Å²) in [6, 6.07) is 7.92. The minimum Gasteiger partial charge on any atom is -0.480 e. The largest absolute Gasteiger partial charge is 0.480 e. The van der Waals surface area contributed by atoms with Crippen LogP contribution in [-0.2, 0) is 16.0 Å². The van der Waals surface area contributed by atoms with Crippen molar-refractivity contribution in [1.29, 1.82) is 0 Å². The molecule has 0 aliphatic rings. The number of carbonyl (C=O) groups excluding carboxylic acids is 1. The number of rotatable bonds is 8. The molecule has 1 rings (SSSR count). The van der Waals surface area contributed by atoms with Gasteiger partial charge in [0.25, 0.3) is 5.91 Å². The summed E-state index contributed by atoms with van der Waals surface area (Å²) < 4.78 is 0. The molecule has 1 aromatic rings. The van der Waals surface area contributed by atoms with Gasteiger partial charge in [-0.3, -0.25) is 10.5 Å². The smallest absolute Gasteiger partial charge is 0.326 e. The van der Waals surface area contributed by atoms with Crippen LogP contribution >= 0.6 is 0 Å². The molecule has 0 aliphatic heterocycles. The van der Waals surface area contributed by atoms with Gasteiger partial charge in [-0.05, 0) is 24.8 Å². The molecule has 0 aliphatic carbocycles. The lowest BCUT2D eigenvalue weighted by Gasteiger charge is -2.39. The highest BCUT2D eigenvalue weighted by Crippen LogP contribution is 2.21. The van der Waals surface area contributed by atoms with Gasteiger partial charge in [0.2, 0.25) is 5.72 Å². The molecule has 0 saturated carbocycles. The lowest BCUT2D eigenvalue weighted by atomic mass is 9.83. The van der Waals surface area contributed by atoms with Crippen LogP contribution in [0.1, 0.15) is 32.8 Å². The molecule has 7 nitrogen and oxygen atoms in total. The molecule has 134 valence electrons. The van der Waals surface area contributed by atoms with Crippen LogP contribution in [0.5, 0.6) is 0 Å². The maximum absolute atomic E-state index is 12.4. The van der Waals surface area contributed by atoms with Crippen LogP contribution in [0.2, 0.25) is 0 Å². The van der Waals surface area contributed by atoms with Crippen molar-refractivity contribution in [3.63, 3.8) is 0 Å². The molecule has 0 fully saturated rings. The van der Waals surface area contributed by atoms with Gasteiger partial charge in [-0.2, -0.15) is 0 Å². The van der Waals surface area contributed by atoms with Gasteiger partial charge in [0.15, 0.2) is 0 Å². The SMILES string of the molecule is CC[C@H](C)[C@H](NC(=O)[C@](N)(O)C(C)(N)Cc1ccccc1)C(=O)O. The molecule has 1 amide bonds. The zero-order valence-corrected chi connectivity index (χ0v) is 14.3. The highest BCUT2D eigenvalue weighted by molar-refractivity contribution is 5.90. The number of aliphatic hydroxyl groups is 1. The maximum atomic E-state index is 12.4. The van der Waals surface area contributed by atoms with E-state index in [9.17, 15) is 19.8 Å². The van der Waals surface area contributed by atoms with E-state index in [2.05, 4.69) is 5.32 Å². The van der Waals surface area contributed by atoms with Crippen LogP contribution in [0.25, 0.3) is 0 Å². The van der Waals surface area contributed by atoms with E-state index >= 15 is 0 Å². The average molecular weight is 337 g/mol. The predicted octanol–water partition coefficient (Wildman–Crippen LogP) is 0.209. The van der Waals surface area contributed by atoms with Gasteiger partial charge in [0, 0.05) is 0 Å². The molecule has 0 saturated heterocycles. The zero-order valence-electron chi connectivity index (χ0n) is 14.3. The first-order valence-corrected chi connectivity index (χ1v) is 7.90. The van der Waals surface area contributed by atoms with Crippen LogP contribution in [0, 0.1) is 5.92 Å². The number of hydrogen-bond donors (Lipinski definition) is 5. The number of aliphatic carboxylic acids is 1. The Bertz CT molecular complexity index is 572. The molecule has 1 unspecified atom stereocenters. The van der Waals surface area contributed by atoms with Crippen molar-refractivity contribution < 1.29 is 19.8 Å². The third kappa shape index (κ3) is 4.53. The van der Waals surface area contributed by atoms with Gasteiger partial charge in [-0.15, -0.1) is 0 Å². The van der Waals surface area contributed by atoms with Crippen LogP contribution < -0.4 is 16.8 Å². The van der Waals surface area contributed by atoms with Crippen LogP contribution in [-0.4, -0.2) is 39.4 Å². The second kappa shape index (κ2) is 7.74. The molecule has 1 aromatic carbocycles. The minimum atomic E-state index is -2.43. The van der Waals surface area contributed by atoms with Crippen molar-refractivity contribution in [2.24, 2.45) is 17.4 Å². The fraction of sp³-hybridized carbons (Fsp3) is 0.529. The van der Waals surface area contributed by atoms with Crippen molar-refractivity contribution in [2.45, 2.75) is 50.9 Å². The monoisotopic (exact) mass is 337 g/mol. The molecule has 0 aromatic heterocycles. The number of carbonyl (C=O) groups is 2. The van der Waals surface area contributed by atoms with E-state index in [1.165, 1.54) is 6.92 Å². The molecule has 0 bridgehead atoms. The molecule has 7 heteroatoms. The Morgan fingerprint density at radius 1 is 1.25 bits per heavy atom. The third-order valence-electron chi connectivity index (χ3n) is 4.40. The molecule has 24 heavy (non-hydrogen) atoms. The predicted molar refractivity (Wildman–Crippen MR) is 90.9 cm³/mol. The van der Waals surface area contributed by atoms with E-state index in [0.717, 1.165) is 5.56 Å². The number of hydrogen-bond acceptors (Lipinski definition) is 5. The van der Waals surface area contributed by atoms with Crippen LogP contribution in [0.4, 0.5) is 0 Å². The second-order valence-electron chi connectivity index (χ2n) is 6.52. The first-order chi connectivity index (χ1) is 11.0. The summed E-state index contributed by atoms with van der Waals surface area (Å²) in [5.74, 6) is -2.51. The van der Waals surface area contributed by atoms with Crippen molar-refractivity contribution >= 4 is 11.9 Å². The molecule has 0 heterocycles. The third-order valence-corrected chi connectivity index (χ3v) is 4.40. The summed E-state index contributed by atoms with van der Waals surface area (Å²) in [6.07, 6.45) is 0.694. The fourth-order valence-corrected chi connectivity index (χ4v) is 2.35. The van der Waals surface area contributed by atoms with E-state index in [1.54, 1.807) is 19.1 Å². The average Bonchev–Trinajstić information content (AvgIpc) is 2.51. The fourth-order valence-electron chi connectivity index (χ4n) is 2.35. The van der Waals surface area contributed by atoms with Crippen molar-refractivity contribution in [3.8, 4) is 0 Å². The van der Waals surface area contributed by atoms with Crippen molar-refractivity contribution in [3.05, 3.63) is 35.9 Å². The summed E-state index contributed by atoms with van der Waals surface area (Å²) in [7, 11) is 0. The highest BCUT2D eigenvalue weighted by Gasteiger charge is 2.48. The number of benzene rings is 1. The Morgan fingerprint density at radius 2 is 1.79 bits per heavy atom.